The van der Waals surface area contributed by atoms with Gasteiger partial charge in [0.25, 0.3) is 0 Å². The van der Waals surface area contributed by atoms with Crippen LogP contribution in [0.2, 0.25) is 0 Å². The zero-order valence-corrected chi connectivity index (χ0v) is 12.0. The van der Waals surface area contributed by atoms with E-state index in [2.05, 4.69) is 5.16 Å². The Morgan fingerprint density at radius 2 is 2.17 bits per heavy atom. The highest BCUT2D eigenvalue weighted by molar-refractivity contribution is 7.90. The molecule has 0 atom stereocenters. The van der Waals surface area contributed by atoms with Gasteiger partial charge in [-0.3, -0.25) is 0 Å². The van der Waals surface area contributed by atoms with Crippen LogP contribution >= 0.6 is 0 Å². The van der Waals surface area contributed by atoms with Gasteiger partial charge in [0, 0.05) is 6.26 Å². The Kier molecular flexibility index (Phi) is 6.93. The van der Waals surface area contributed by atoms with Crippen molar-refractivity contribution in [1.82, 2.24) is 4.57 Å². The maximum Gasteiger partial charge on any atom is 0.303 e. The lowest BCUT2D eigenvalue weighted by atomic mass is 10.3. The molecule has 1 N–H and O–H groups in total. The molecule has 0 spiro atoms. The number of hydrogen-bond acceptors (Lipinski definition) is 4. The topological polar surface area (TPSA) is 75.5 Å². The van der Waals surface area contributed by atoms with E-state index in [4.69, 9.17) is 5.21 Å². The standard InChI is InChI=1S/C10H17N3O3S.ClH/c1-12-6-7-13(10(12)9-11-14)5-3-4-8-17(2,15)16;/h6-7,9H,3-5,8H2,1-2H3;1H. The first-order chi connectivity index (χ1) is 7.94. The van der Waals surface area contributed by atoms with Crippen molar-refractivity contribution in [2.24, 2.45) is 12.2 Å². The fourth-order valence-corrected chi connectivity index (χ4v) is 2.32. The Morgan fingerprint density at radius 3 is 2.72 bits per heavy atom. The van der Waals surface area contributed by atoms with Crippen LogP contribution in [0.4, 0.5) is 0 Å². The first kappa shape index (κ1) is 16.9. The summed E-state index contributed by atoms with van der Waals surface area (Å²) in [5, 5.41) is 11.5. The minimum absolute atomic E-state index is 0. The Morgan fingerprint density at radius 1 is 1.50 bits per heavy atom. The predicted molar refractivity (Wildman–Crippen MR) is 63.9 cm³/mol. The van der Waals surface area contributed by atoms with Crippen LogP contribution in [0.1, 0.15) is 18.7 Å². The number of aryl methyl sites for hydroxylation is 2. The molecule has 104 valence electrons. The average molecular weight is 296 g/mol. The summed E-state index contributed by atoms with van der Waals surface area (Å²) in [6.45, 7) is 0.706. The van der Waals surface area contributed by atoms with Crippen molar-refractivity contribution in [1.29, 1.82) is 0 Å². The van der Waals surface area contributed by atoms with Gasteiger partial charge < -0.3 is 17.6 Å². The molecule has 0 aliphatic rings. The highest BCUT2D eigenvalue weighted by Crippen LogP contribution is 2.00. The summed E-state index contributed by atoms with van der Waals surface area (Å²) in [5.41, 5.74) is 0. The highest BCUT2D eigenvalue weighted by Gasteiger charge is 2.12. The second kappa shape index (κ2) is 7.38. The monoisotopic (exact) mass is 295 g/mol. The Labute approximate surface area is 113 Å². The van der Waals surface area contributed by atoms with Gasteiger partial charge in [-0.05, 0) is 12.8 Å². The SMILES string of the molecule is C[n+]1ccn(CCCCS(C)(=O)=O)c1/C=N/O.[Cl-]. The van der Waals surface area contributed by atoms with Gasteiger partial charge in [-0.15, -0.1) is 0 Å². The number of sulfone groups is 1. The first-order valence-electron chi connectivity index (χ1n) is 5.34. The molecule has 0 bridgehead atoms. The van der Waals surface area contributed by atoms with E-state index in [1.165, 1.54) is 12.5 Å². The maximum atomic E-state index is 11.0. The van der Waals surface area contributed by atoms with Crippen molar-refractivity contribution < 1.29 is 30.6 Å². The van der Waals surface area contributed by atoms with Crippen LogP contribution in [-0.2, 0) is 23.4 Å². The molecule has 0 fully saturated rings. The molecule has 0 aliphatic carbocycles. The molecule has 18 heavy (non-hydrogen) atoms. The van der Waals surface area contributed by atoms with Crippen molar-refractivity contribution >= 4 is 16.1 Å². The number of nitrogens with zero attached hydrogens (tertiary/aromatic N) is 3. The molecule has 0 aromatic carbocycles. The third-order valence-electron chi connectivity index (χ3n) is 2.46. The van der Waals surface area contributed by atoms with Gasteiger partial charge in [-0.25, -0.2) is 17.6 Å². The zero-order chi connectivity index (χ0) is 12.9. The van der Waals surface area contributed by atoms with E-state index in [1.54, 1.807) is 0 Å². The summed E-state index contributed by atoms with van der Waals surface area (Å²) in [6, 6.07) is 0. The van der Waals surface area contributed by atoms with Gasteiger partial charge in [0.15, 0.2) is 6.21 Å². The predicted octanol–water partition coefficient (Wildman–Crippen LogP) is -3.05. The summed E-state index contributed by atoms with van der Waals surface area (Å²) in [4.78, 5) is 0. The van der Waals surface area contributed by atoms with Crippen molar-refractivity contribution in [3.8, 4) is 0 Å². The zero-order valence-electron chi connectivity index (χ0n) is 10.5. The Balaban J connectivity index is 0.00000289. The summed E-state index contributed by atoms with van der Waals surface area (Å²) < 4.78 is 25.7. The molecule has 0 amide bonds. The van der Waals surface area contributed by atoms with Gasteiger partial charge in [-0.1, -0.05) is 5.16 Å². The number of rotatable bonds is 6. The number of oxime groups is 1. The van der Waals surface area contributed by atoms with E-state index in [-0.39, 0.29) is 18.2 Å². The molecule has 6 nitrogen and oxygen atoms in total. The number of unbranched alkanes of at least 4 members (excludes halogenated alkanes) is 1. The second-order valence-corrected chi connectivity index (χ2v) is 6.30. The molecule has 1 rings (SSSR count). The minimum Gasteiger partial charge on any atom is -1.00 e. The van der Waals surface area contributed by atoms with E-state index in [1.807, 2.05) is 28.6 Å². The molecule has 0 aliphatic heterocycles. The molecule has 8 heteroatoms. The fourth-order valence-electron chi connectivity index (χ4n) is 1.59. The molecule has 0 saturated heterocycles. The van der Waals surface area contributed by atoms with Crippen LogP contribution in [0.15, 0.2) is 17.5 Å². The third kappa shape index (κ3) is 5.50. The molecule has 1 aromatic heterocycles. The quantitative estimate of drug-likeness (QED) is 0.199. The third-order valence-corrected chi connectivity index (χ3v) is 3.49. The summed E-state index contributed by atoms with van der Waals surface area (Å²) in [7, 11) is -1.02. The Hall–Kier alpha value is -1.08. The van der Waals surface area contributed by atoms with Crippen molar-refractivity contribution in [3.05, 3.63) is 18.2 Å². The van der Waals surface area contributed by atoms with Crippen LogP contribution < -0.4 is 17.0 Å². The van der Waals surface area contributed by atoms with E-state index in [0.717, 1.165) is 12.2 Å². The molecule has 0 unspecified atom stereocenters. The van der Waals surface area contributed by atoms with Crippen molar-refractivity contribution in [3.63, 3.8) is 0 Å². The summed E-state index contributed by atoms with van der Waals surface area (Å²) in [5.74, 6) is 0.982. The van der Waals surface area contributed by atoms with Gasteiger partial charge in [0.05, 0.1) is 19.3 Å². The summed E-state index contributed by atoms with van der Waals surface area (Å²) in [6.07, 6.45) is 7.73. The van der Waals surface area contributed by atoms with E-state index >= 15 is 0 Å². The van der Waals surface area contributed by atoms with Crippen molar-refractivity contribution in [2.45, 2.75) is 19.4 Å². The second-order valence-electron chi connectivity index (χ2n) is 4.04. The lowest BCUT2D eigenvalue weighted by molar-refractivity contribution is -0.671. The molecular formula is C10H18ClN3O3S. The largest absolute Gasteiger partial charge is 1.00 e. The normalized spacial score (nSPS) is 11.7. The van der Waals surface area contributed by atoms with E-state index in [0.29, 0.717) is 13.0 Å². The number of aromatic nitrogens is 2. The molecule has 0 radical (unpaired) electrons. The van der Waals surface area contributed by atoms with Gasteiger partial charge >= 0.3 is 5.82 Å². The number of imidazole rings is 1. The van der Waals surface area contributed by atoms with Crippen LogP contribution in [0, 0.1) is 0 Å². The summed E-state index contributed by atoms with van der Waals surface area (Å²) >= 11 is 0. The highest BCUT2D eigenvalue weighted by atomic mass is 35.5. The molecule has 1 heterocycles. The fraction of sp³-hybridized carbons (Fsp3) is 0.600. The molecule has 1 aromatic rings. The maximum absolute atomic E-state index is 11.0. The van der Waals surface area contributed by atoms with Crippen molar-refractivity contribution in [2.75, 3.05) is 12.0 Å². The van der Waals surface area contributed by atoms with E-state index in [9.17, 15) is 8.42 Å². The van der Waals surface area contributed by atoms with Crippen LogP contribution in [0.5, 0.6) is 0 Å². The molecular weight excluding hydrogens is 278 g/mol. The number of hydrogen-bond donors (Lipinski definition) is 1. The minimum atomic E-state index is -2.87. The lowest BCUT2D eigenvalue weighted by Gasteiger charge is -1.99. The number of halogens is 1. The van der Waals surface area contributed by atoms with Gasteiger partial charge in [0.2, 0.25) is 0 Å². The lowest BCUT2D eigenvalue weighted by Crippen LogP contribution is -3.00. The Bertz CT molecular complexity index is 496. The van der Waals surface area contributed by atoms with Crippen LogP contribution in [-0.4, -0.2) is 36.4 Å². The van der Waals surface area contributed by atoms with E-state index < -0.39 is 9.84 Å². The van der Waals surface area contributed by atoms with Gasteiger partial charge in [-0.2, -0.15) is 0 Å². The first-order valence-corrected chi connectivity index (χ1v) is 7.40. The average Bonchev–Trinajstić information content (AvgIpc) is 2.55. The smallest absolute Gasteiger partial charge is 0.303 e. The van der Waals surface area contributed by atoms with Crippen LogP contribution in [0.25, 0.3) is 0 Å². The van der Waals surface area contributed by atoms with Gasteiger partial charge in [0.1, 0.15) is 22.2 Å². The van der Waals surface area contributed by atoms with Crippen LogP contribution in [0.3, 0.4) is 0 Å². The molecule has 0 saturated carbocycles.